The number of aryl methyl sites for hydroxylation is 6. The number of nitrogens with one attached hydrogen (secondary N) is 2. The van der Waals surface area contributed by atoms with Crippen LogP contribution in [0.4, 0.5) is 11.4 Å². The summed E-state index contributed by atoms with van der Waals surface area (Å²) in [5.74, 6) is -0.425. The van der Waals surface area contributed by atoms with Gasteiger partial charge in [0.25, 0.3) is 11.8 Å². The van der Waals surface area contributed by atoms with E-state index in [1.165, 1.54) is 11.1 Å². The molecule has 2 heterocycles. The predicted molar refractivity (Wildman–Crippen MR) is 184 cm³/mol. The van der Waals surface area contributed by atoms with Gasteiger partial charge in [-0.2, -0.15) is 0 Å². The zero-order valence-corrected chi connectivity index (χ0v) is 28.6. The van der Waals surface area contributed by atoms with Gasteiger partial charge in [-0.15, -0.1) is 0 Å². The van der Waals surface area contributed by atoms with E-state index in [4.69, 9.17) is 0 Å². The summed E-state index contributed by atoms with van der Waals surface area (Å²) in [6.07, 6.45) is 7.91. The fourth-order valence-electron chi connectivity index (χ4n) is 7.78. The van der Waals surface area contributed by atoms with Crippen molar-refractivity contribution in [1.29, 1.82) is 0 Å². The standard InChI is InChI=1S/C37H56N4O4/c1-7-28-22-26(5)23-29(8-2)34(28)38-36(42)32-16-11-13-18-40(32,44)20-15-21-41(45)19-14-12-17-33(41)37(43)39-35-30(9-3)24-27(6)25-31(35)10-4/h22-25,32-33H,7-21H2,1-6H3,(H,38,42)(H,39,43). The Morgan fingerprint density at radius 2 is 0.978 bits per heavy atom. The van der Waals surface area contributed by atoms with Crippen LogP contribution >= 0.6 is 0 Å². The predicted octanol–water partition coefficient (Wildman–Crippen LogP) is 7.25. The van der Waals surface area contributed by atoms with Crippen LogP contribution in [-0.4, -0.2) is 59.4 Å². The molecule has 0 radical (unpaired) electrons. The minimum atomic E-state index is -0.698. The van der Waals surface area contributed by atoms with Crippen LogP contribution < -0.4 is 10.6 Å². The first-order valence-electron chi connectivity index (χ1n) is 17.5. The van der Waals surface area contributed by atoms with Crippen molar-refractivity contribution in [3.8, 4) is 0 Å². The van der Waals surface area contributed by atoms with Gasteiger partial charge in [-0.25, -0.2) is 0 Å². The maximum absolute atomic E-state index is 14.3. The molecule has 4 unspecified atom stereocenters. The van der Waals surface area contributed by atoms with Crippen LogP contribution in [0.5, 0.6) is 0 Å². The van der Waals surface area contributed by atoms with Crippen LogP contribution in [0.2, 0.25) is 0 Å². The van der Waals surface area contributed by atoms with E-state index in [2.05, 4.69) is 76.4 Å². The number of benzene rings is 2. The van der Waals surface area contributed by atoms with Gasteiger partial charge in [-0.3, -0.25) is 9.59 Å². The molecule has 0 bridgehead atoms. The first-order chi connectivity index (χ1) is 21.5. The number of piperidine rings is 2. The van der Waals surface area contributed by atoms with E-state index in [9.17, 15) is 20.0 Å². The number of likely N-dealkylation sites (tertiary alicyclic amines) is 2. The monoisotopic (exact) mass is 620 g/mol. The molecule has 0 aromatic heterocycles. The van der Waals surface area contributed by atoms with Gasteiger partial charge in [0.1, 0.15) is 0 Å². The number of hydrogen-bond donors (Lipinski definition) is 2. The van der Waals surface area contributed by atoms with Crippen molar-refractivity contribution < 1.29 is 18.9 Å². The third kappa shape index (κ3) is 7.97. The maximum Gasteiger partial charge on any atom is 0.283 e. The summed E-state index contributed by atoms with van der Waals surface area (Å²) in [4.78, 5) is 27.5. The van der Waals surface area contributed by atoms with Gasteiger partial charge >= 0.3 is 0 Å². The lowest BCUT2D eigenvalue weighted by Gasteiger charge is -2.53. The Bertz CT molecular complexity index is 1210. The number of anilines is 2. The van der Waals surface area contributed by atoms with Crippen molar-refractivity contribution in [3.63, 3.8) is 0 Å². The van der Waals surface area contributed by atoms with E-state index in [0.717, 1.165) is 85.0 Å². The number of quaternary nitrogens is 2. The van der Waals surface area contributed by atoms with Gasteiger partial charge in [0.15, 0.2) is 12.1 Å². The normalized spacial score (nSPS) is 25.2. The van der Waals surface area contributed by atoms with Gasteiger partial charge < -0.3 is 30.3 Å². The third-order valence-electron chi connectivity index (χ3n) is 10.3. The molecule has 2 aromatic carbocycles. The molecule has 2 amide bonds. The highest BCUT2D eigenvalue weighted by Crippen LogP contribution is 2.32. The average molecular weight is 621 g/mol. The Kier molecular flexibility index (Phi) is 11.9. The Hall–Kier alpha value is -2.78. The van der Waals surface area contributed by atoms with E-state index in [1.54, 1.807) is 0 Å². The summed E-state index contributed by atoms with van der Waals surface area (Å²) in [5, 5.41) is 35.0. The molecule has 2 aliphatic heterocycles. The number of hydroxylamine groups is 6. The molecular weight excluding hydrogens is 564 g/mol. The number of carbonyl (C=O) groups excluding carboxylic acids is 2. The first kappa shape index (κ1) is 35.1. The largest absolute Gasteiger partial charge is 0.632 e. The fraction of sp³-hybridized carbons (Fsp3) is 0.622. The quantitative estimate of drug-likeness (QED) is 0.193. The first-order valence-corrected chi connectivity index (χ1v) is 17.5. The molecular formula is C37H56N4O4. The van der Waals surface area contributed by atoms with Crippen LogP contribution in [0, 0.1) is 24.3 Å². The Labute approximate surface area is 270 Å². The fourth-order valence-corrected chi connectivity index (χ4v) is 7.78. The van der Waals surface area contributed by atoms with Crippen molar-refractivity contribution >= 4 is 23.2 Å². The third-order valence-corrected chi connectivity index (χ3v) is 10.3. The molecule has 45 heavy (non-hydrogen) atoms. The lowest BCUT2D eigenvalue weighted by atomic mass is 9.96. The zero-order chi connectivity index (χ0) is 32.8. The molecule has 2 saturated heterocycles. The van der Waals surface area contributed by atoms with E-state index in [0.29, 0.717) is 32.4 Å². The van der Waals surface area contributed by atoms with Crippen molar-refractivity contribution in [2.75, 3.05) is 36.8 Å². The molecule has 0 saturated carbocycles. The summed E-state index contributed by atoms with van der Waals surface area (Å²) >= 11 is 0. The number of carbonyl (C=O) groups is 2. The molecule has 8 heteroatoms. The molecule has 8 nitrogen and oxygen atoms in total. The number of hydrogen-bond acceptors (Lipinski definition) is 4. The highest BCUT2D eigenvalue weighted by Gasteiger charge is 2.41. The van der Waals surface area contributed by atoms with Gasteiger partial charge in [0.05, 0.1) is 26.2 Å². The number of rotatable bonds is 12. The summed E-state index contributed by atoms with van der Waals surface area (Å²) in [5.41, 5.74) is 8.41. The summed E-state index contributed by atoms with van der Waals surface area (Å²) < 4.78 is -1.19. The van der Waals surface area contributed by atoms with Crippen LogP contribution in [-0.2, 0) is 35.3 Å². The molecule has 2 aliphatic rings. The zero-order valence-electron chi connectivity index (χ0n) is 28.6. The Morgan fingerprint density at radius 1 is 0.644 bits per heavy atom. The second kappa shape index (κ2) is 15.2. The minimum absolute atomic E-state index is 0.210. The lowest BCUT2D eigenvalue weighted by molar-refractivity contribution is -0.919. The molecule has 248 valence electrons. The Balaban J connectivity index is 1.47. The van der Waals surface area contributed by atoms with Gasteiger partial charge in [0, 0.05) is 30.6 Å². The smallest absolute Gasteiger partial charge is 0.283 e. The summed E-state index contributed by atoms with van der Waals surface area (Å²) in [6, 6.07) is 7.06. The maximum atomic E-state index is 14.3. The van der Waals surface area contributed by atoms with Crippen molar-refractivity contribution in [3.05, 3.63) is 68.1 Å². The second-order valence-corrected chi connectivity index (χ2v) is 13.5. The molecule has 2 N–H and O–H groups in total. The van der Waals surface area contributed by atoms with Crippen LogP contribution in [0.1, 0.15) is 106 Å². The van der Waals surface area contributed by atoms with E-state index >= 15 is 0 Å². The van der Waals surface area contributed by atoms with Gasteiger partial charge in [-0.1, -0.05) is 63.1 Å². The van der Waals surface area contributed by atoms with Crippen LogP contribution in [0.15, 0.2) is 24.3 Å². The van der Waals surface area contributed by atoms with Crippen molar-refractivity contribution in [2.45, 2.75) is 124 Å². The lowest BCUT2D eigenvalue weighted by Crippen LogP contribution is -2.61. The van der Waals surface area contributed by atoms with Crippen LogP contribution in [0.3, 0.4) is 0 Å². The molecule has 0 spiro atoms. The SMILES string of the molecule is CCc1cc(C)cc(CC)c1NC(=O)C1CCCC[N+]1([O-])CCC[N+]1([O-])CCCCC1C(=O)Nc1c(CC)cc(C)cc1CC. The van der Waals surface area contributed by atoms with E-state index in [-0.39, 0.29) is 24.9 Å². The number of nitrogens with zero attached hydrogens (tertiary/aromatic N) is 2. The molecule has 4 atom stereocenters. The minimum Gasteiger partial charge on any atom is -0.632 e. The van der Waals surface area contributed by atoms with Gasteiger partial charge in [-0.05, 0) is 87.5 Å². The highest BCUT2D eigenvalue weighted by molar-refractivity contribution is 5.96. The number of amides is 2. The van der Waals surface area contributed by atoms with Crippen LogP contribution in [0.25, 0.3) is 0 Å². The van der Waals surface area contributed by atoms with Gasteiger partial charge in [0.2, 0.25) is 0 Å². The second-order valence-electron chi connectivity index (χ2n) is 13.5. The topological polar surface area (TPSA) is 104 Å². The van der Waals surface area contributed by atoms with Crippen molar-refractivity contribution in [1.82, 2.24) is 0 Å². The molecule has 0 aliphatic carbocycles. The Morgan fingerprint density at radius 3 is 1.29 bits per heavy atom. The molecule has 2 aromatic rings. The summed E-state index contributed by atoms with van der Waals surface area (Å²) in [7, 11) is 0. The highest BCUT2D eigenvalue weighted by atomic mass is 16.6. The molecule has 2 fully saturated rings. The van der Waals surface area contributed by atoms with E-state index < -0.39 is 21.4 Å². The van der Waals surface area contributed by atoms with E-state index in [1.807, 2.05) is 0 Å². The van der Waals surface area contributed by atoms with Crippen molar-refractivity contribution in [2.24, 2.45) is 0 Å². The molecule has 4 rings (SSSR count). The summed E-state index contributed by atoms with van der Waals surface area (Å²) in [6.45, 7) is 13.6. The average Bonchev–Trinajstić information content (AvgIpc) is 3.02.